The van der Waals surface area contributed by atoms with Crippen molar-refractivity contribution in [1.82, 2.24) is 20.0 Å². The van der Waals surface area contributed by atoms with E-state index in [9.17, 15) is 14.4 Å². The van der Waals surface area contributed by atoms with E-state index in [1.807, 2.05) is 35.1 Å². The average Bonchev–Trinajstić information content (AvgIpc) is 3.41. The molecule has 3 heterocycles. The first-order chi connectivity index (χ1) is 14.3. The lowest BCUT2D eigenvalue weighted by atomic mass is 10.0. The number of nitrogens with zero attached hydrogens (tertiary/aromatic N) is 3. The van der Waals surface area contributed by atoms with E-state index in [4.69, 9.17) is 0 Å². The Kier molecular flexibility index (Phi) is 7.52. The molecular weight excluding hydrogens is 400 g/mol. The van der Waals surface area contributed by atoms with Crippen LogP contribution in [-0.2, 0) is 9.59 Å². The lowest BCUT2D eigenvalue weighted by Crippen LogP contribution is -2.53. The van der Waals surface area contributed by atoms with Gasteiger partial charge in [-0.3, -0.25) is 14.4 Å². The van der Waals surface area contributed by atoms with Gasteiger partial charge in [0.15, 0.2) is 0 Å². The zero-order chi connectivity index (χ0) is 21.8. The summed E-state index contributed by atoms with van der Waals surface area (Å²) >= 11 is 1.39. The van der Waals surface area contributed by atoms with Crippen LogP contribution in [0, 0.1) is 11.8 Å². The van der Waals surface area contributed by atoms with Crippen molar-refractivity contribution in [2.45, 2.75) is 46.2 Å². The monoisotopic (exact) mass is 434 g/mol. The zero-order valence-electron chi connectivity index (χ0n) is 18.5. The number of likely N-dealkylation sites (tertiary alicyclic amines) is 1. The van der Waals surface area contributed by atoms with Gasteiger partial charge in [0.05, 0.1) is 10.9 Å². The van der Waals surface area contributed by atoms with Crippen LogP contribution < -0.4 is 5.32 Å². The van der Waals surface area contributed by atoms with Gasteiger partial charge in [-0.2, -0.15) is 0 Å². The lowest BCUT2D eigenvalue weighted by Gasteiger charge is -2.32. The number of nitrogens with one attached hydrogen (secondary N) is 1. The summed E-state index contributed by atoms with van der Waals surface area (Å²) in [4.78, 5) is 45.7. The first-order valence-electron chi connectivity index (χ1n) is 10.9. The van der Waals surface area contributed by atoms with Crippen LogP contribution in [0.15, 0.2) is 17.5 Å². The Hall–Kier alpha value is -1.93. The highest BCUT2D eigenvalue weighted by molar-refractivity contribution is 7.12. The minimum atomic E-state index is -0.516. The maximum Gasteiger partial charge on any atom is 0.264 e. The Balaban J connectivity index is 1.86. The molecule has 0 radical (unpaired) electrons. The second-order valence-corrected chi connectivity index (χ2v) is 9.90. The molecule has 1 N–H and O–H groups in total. The van der Waals surface area contributed by atoms with E-state index < -0.39 is 6.04 Å². The summed E-state index contributed by atoms with van der Waals surface area (Å²) < 4.78 is 0. The maximum absolute atomic E-state index is 13.4. The Morgan fingerprint density at radius 1 is 1.20 bits per heavy atom. The molecule has 2 fully saturated rings. The summed E-state index contributed by atoms with van der Waals surface area (Å²) in [5.74, 6) is 0.186. The van der Waals surface area contributed by atoms with Gasteiger partial charge in [-0.25, -0.2) is 0 Å². The van der Waals surface area contributed by atoms with E-state index in [0.29, 0.717) is 43.4 Å². The van der Waals surface area contributed by atoms with Gasteiger partial charge in [-0.05, 0) is 23.8 Å². The minimum Gasteiger partial charge on any atom is -0.338 e. The number of rotatable bonds is 6. The second kappa shape index (κ2) is 9.92. The van der Waals surface area contributed by atoms with Crippen molar-refractivity contribution in [2.24, 2.45) is 11.8 Å². The van der Waals surface area contributed by atoms with Crippen molar-refractivity contribution in [3.8, 4) is 0 Å². The van der Waals surface area contributed by atoms with Crippen molar-refractivity contribution in [1.29, 1.82) is 0 Å². The first-order valence-corrected chi connectivity index (χ1v) is 11.8. The lowest BCUT2D eigenvalue weighted by molar-refractivity contribution is -0.138. The highest BCUT2D eigenvalue weighted by atomic mass is 32.1. The molecule has 166 valence electrons. The van der Waals surface area contributed by atoms with Gasteiger partial charge in [0, 0.05) is 45.2 Å². The van der Waals surface area contributed by atoms with E-state index in [1.54, 1.807) is 11.0 Å². The molecule has 1 aromatic rings. The van der Waals surface area contributed by atoms with Crippen molar-refractivity contribution >= 4 is 29.1 Å². The quantitative estimate of drug-likeness (QED) is 0.742. The van der Waals surface area contributed by atoms with Crippen LogP contribution in [0.5, 0.6) is 0 Å². The predicted octanol–water partition coefficient (Wildman–Crippen LogP) is 1.90. The van der Waals surface area contributed by atoms with E-state index in [1.165, 1.54) is 11.3 Å². The smallest absolute Gasteiger partial charge is 0.264 e. The van der Waals surface area contributed by atoms with Crippen molar-refractivity contribution in [2.75, 3.05) is 39.3 Å². The number of thiophene rings is 1. The second-order valence-electron chi connectivity index (χ2n) is 8.95. The highest BCUT2D eigenvalue weighted by Gasteiger charge is 2.45. The standard InChI is InChI=1S/C22H34N4O3S/c1-15(2)13-25(20(27)16(3)4)17-12-18(21(28)24-9-7-23-8-10-24)26(14-17)22(29)19-6-5-11-30-19/h5-6,11,15-18,23H,7-10,12-14H2,1-4H3. The summed E-state index contributed by atoms with van der Waals surface area (Å²) in [6, 6.07) is 3.00. The summed E-state index contributed by atoms with van der Waals surface area (Å²) in [6.07, 6.45) is 0.505. The summed E-state index contributed by atoms with van der Waals surface area (Å²) in [5, 5.41) is 5.14. The summed E-state index contributed by atoms with van der Waals surface area (Å²) in [6.45, 7) is 11.9. The fourth-order valence-electron chi connectivity index (χ4n) is 4.28. The molecule has 0 aliphatic carbocycles. The molecule has 8 heteroatoms. The first kappa shape index (κ1) is 22.7. The topological polar surface area (TPSA) is 73.0 Å². The summed E-state index contributed by atoms with van der Waals surface area (Å²) in [5.41, 5.74) is 0. The van der Waals surface area contributed by atoms with Crippen LogP contribution in [-0.4, -0.2) is 83.8 Å². The van der Waals surface area contributed by atoms with E-state index in [2.05, 4.69) is 19.2 Å². The third kappa shape index (κ3) is 5.03. The number of carbonyl (C=O) groups excluding carboxylic acids is 3. The fourth-order valence-corrected chi connectivity index (χ4v) is 4.96. The molecule has 2 aliphatic rings. The third-order valence-corrected chi connectivity index (χ3v) is 6.62. The predicted molar refractivity (Wildman–Crippen MR) is 118 cm³/mol. The minimum absolute atomic E-state index is 0.00500. The van der Waals surface area contributed by atoms with Crippen LogP contribution >= 0.6 is 11.3 Å². The number of amides is 3. The Morgan fingerprint density at radius 2 is 1.90 bits per heavy atom. The highest BCUT2D eigenvalue weighted by Crippen LogP contribution is 2.28. The van der Waals surface area contributed by atoms with Crippen molar-refractivity contribution in [3.05, 3.63) is 22.4 Å². The van der Waals surface area contributed by atoms with Gasteiger partial charge in [-0.1, -0.05) is 33.8 Å². The Morgan fingerprint density at radius 3 is 2.47 bits per heavy atom. The SMILES string of the molecule is CC(C)CN(C(=O)C(C)C)C1CC(C(=O)N2CCNCC2)N(C(=O)c2cccs2)C1. The van der Waals surface area contributed by atoms with E-state index in [-0.39, 0.29) is 29.7 Å². The largest absolute Gasteiger partial charge is 0.338 e. The number of piperazine rings is 1. The molecule has 0 bridgehead atoms. The van der Waals surface area contributed by atoms with Crippen LogP contribution in [0.25, 0.3) is 0 Å². The molecule has 2 unspecified atom stereocenters. The van der Waals surface area contributed by atoms with Gasteiger partial charge in [-0.15, -0.1) is 11.3 Å². The molecule has 3 rings (SSSR count). The molecular formula is C22H34N4O3S. The summed E-state index contributed by atoms with van der Waals surface area (Å²) in [7, 11) is 0. The van der Waals surface area contributed by atoms with E-state index in [0.717, 1.165) is 13.1 Å². The van der Waals surface area contributed by atoms with Crippen LogP contribution in [0.4, 0.5) is 0 Å². The molecule has 2 aliphatic heterocycles. The zero-order valence-corrected chi connectivity index (χ0v) is 19.3. The number of hydrogen-bond acceptors (Lipinski definition) is 5. The maximum atomic E-state index is 13.4. The fraction of sp³-hybridized carbons (Fsp3) is 0.682. The van der Waals surface area contributed by atoms with Gasteiger partial charge in [0.1, 0.15) is 6.04 Å². The normalized spacial score (nSPS) is 22.1. The Bertz CT molecular complexity index is 744. The van der Waals surface area contributed by atoms with Gasteiger partial charge in [0.25, 0.3) is 5.91 Å². The Labute approximate surface area is 183 Å². The molecule has 7 nitrogen and oxygen atoms in total. The molecule has 3 amide bonds. The molecule has 0 saturated carbocycles. The molecule has 30 heavy (non-hydrogen) atoms. The van der Waals surface area contributed by atoms with Crippen LogP contribution in [0.2, 0.25) is 0 Å². The average molecular weight is 435 g/mol. The van der Waals surface area contributed by atoms with Crippen molar-refractivity contribution < 1.29 is 14.4 Å². The molecule has 1 aromatic heterocycles. The third-order valence-electron chi connectivity index (χ3n) is 5.77. The molecule has 0 spiro atoms. The van der Waals surface area contributed by atoms with E-state index >= 15 is 0 Å². The number of carbonyl (C=O) groups is 3. The van der Waals surface area contributed by atoms with Gasteiger partial charge >= 0.3 is 0 Å². The van der Waals surface area contributed by atoms with Gasteiger partial charge < -0.3 is 20.0 Å². The molecule has 2 saturated heterocycles. The van der Waals surface area contributed by atoms with Gasteiger partial charge in [0.2, 0.25) is 11.8 Å². The van der Waals surface area contributed by atoms with Crippen molar-refractivity contribution in [3.63, 3.8) is 0 Å². The number of hydrogen-bond donors (Lipinski definition) is 1. The van der Waals surface area contributed by atoms with Crippen LogP contribution in [0.1, 0.15) is 43.8 Å². The van der Waals surface area contributed by atoms with Crippen LogP contribution in [0.3, 0.4) is 0 Å². The molecule has 2 atom stereocenters. The molecule has 0 aromatic carbocycles.